The first-order valence-corrected chi connectivity index (χ1v) is 7.23. The second kappa shape index (κ2) is 8.45. The Morgan fingerprint density at radius 1 is 0.952 bits per heavy atom. The fraction of sp³-hybridized carbons (Fsp3) is 0.333. The van der Waals surface area contributed by atoms with E-state index in [1.165, 1.54) is 16.7 Å². The molecule has 21 heavy (non-hydrogen) atoms. The van der Waals surface area contributed by atoms with Gasteiger partial charge in [0.05, 0.1) is 13.7 Å². The van der Waals surface area contributed by atoms with Gasteiger partial charge in [0.2, 0.25) is 0 Å². The molecule has 0 atom stereocenters. The molecule has 2 aromatic rings. The molecule has 0 amide bonds. The van der Waals surface area contributed by atoms with E-state index in [2.05, 4.69) is 35.6 Å². The lowest BCUT2D eigenvalue weighted by atomic mass is 10.1. The van der Waals surface area contributed by atoms with Crippen molar-refractivity contribution in [3.63, 3.8) is 0 Å². The van der Waals surface area contributed by atoms with Crippen LogP contribution in [-0.2, 0) is 24.3 Å². The van der Waals surface area contributed by atoms with Gasteiger partial charge in [0, 0.05) is 13.7 Å². The second-order valence-electron chi connectivity index (χ2n) is 4.99. The van der Waals surface area contributed by atoms with E-state index >= 15 is 0 Å². The molecule has 0 bridgehead atoms. The molecule has 1 N–H and O–H groups in total. The van der Waals surface area contributed by atoms with Crippen molar-refractivity contribution < 1.29 is 9.47 Å². The van der Waals surface area contributed by atoms with E-state index < -0.39 is 0 Å². The normalized spacial score (nSPS) is 10.6. The molecule has 0 unspecified atom stereocenters. The topological polar surface area (TPSA) is 30.5 Å². The number of nitrogens with one attached hydrogen (secondary N) is 1. The van der Waals surface area contributed by atoms with Crippen molar-refractivity contribution in [3.05, 3.63) is 65.2 Å². The predicted molar refractivity (Wildman–Crippen MR) is 85.6 cm³/mol. The minimum atomic E-state index is 0.662. The van der Waals surface area contributed by atoms with Gasteiger partial charge in [-0.15, -0.1) is 0 Å². The van der Waals surface area contributed by atoms with Crippen LogP contribution in [0.5, 0.6) is 5.75 Å². The third-order valence-corrected chi connectivity index (χ3v) is 3.40. The highest BCUT2D eigenvalue weighted by molar-refractivity contribution is 5.33. The molecule has 3 heteroatoms. The summed E-state index contributed by atoms with van der Waals surface area (Å²) >= 11 is 0. The zero-order valence-corrected chi connectivity index (χ0v) is 12.8. The zero-order chi connectivity index (χ0) is 14.9. The summed E-state index contributed by atoms with van der Waals surface area (Å²) in [4.78, 5) is 0. The standard InChI is InChI=1S/C18H23NO2/c1-20-14-16-7-5-6-15(12-16)13-19-11-10-17-8-3-4-9-18(17)21-2/h3-9,12,19H,10-11,13-14H2,1-2H3. The molecule has 2 aromatic carbocycles. The molecule has 0 spiro atoms. The van der Waals surface area contributed by atoms with Gasteiger partial charge < -0.3 is 14.8 Å². The summed E-state index contributed by atoms with van der Waals surface area (Å²) in [6.45, 7) is 2.45. The lowest BCUT2D eigenvalue weighted by molar-refractivity contribution is 0.185. The van der Waals surface area contributed by atoms with Crippen molar-refractivity contribution in [1.82, 2.24) is 5.32 Å². The van der Waals surface area contributed by atoms with Gasteiger partial charge in [-0.2, -0.15) is 0 Å². The van der Waals surface area contributed by atoms with Crippen LogP contribution < -0.4 is 10.1 Å². The highest BCUT2D eigenvalue weighted by Crippen LogP contribution is 2.17. The highest BCUT2D eigenvalue weighted by Gasteiger charge is 2.01. The summed E-state index contributed by atoms with van der Waals surface area (Å²) in [6.07, 6.45) is 0.960. The molecule has 0 aliphatic carbocycles. The van der Waals surface area contributed by atoms with Crippen LogP contribution in [0.25, 0.3) is 0 Å². The number of methoxy groups -OCH3 is 2. The third-order valence-electron chi connectivity index (χ3n) is 3.40. The molecular weight excluding hydrogens is 262 g/mol. The Kier molecular flexibility index (Phi) is 6.25. The Hall–Kier alpha value is -1.84. The first kappa shape index (κ1) is 15.5. The Labute approximate surface area is 126 Å². The molecule has 3 nitrogen and oxygen atoms in total. The van der Waals surface area contributed by atoms with E-state index in [4.69, 9.17) is 9.47 Å². The zero-order valence-electron chi connectivity index (χ0n) is 12.8. The van der Waals surface area contributed by atoms with Gasteiger partial charge in [-0.05, 0) is 35.7 Å². The van der Waals surface area contributed by atoms with E-state index in [0.29, 0.717) is 6.61 Å². The van der Waals surface area contributed by atoms with Crippen LogP contribution in [0.3, 0.4) is 0 Å². The summed E-state index contributed by atoms with van der Waals surface area (Å²) in [6, 6.07) is 16.6. The van der Waals surface area contributed by atoms with Gasteiger partial charge in [0.15, 0.2) is 0 Å². The smallest absolute Gasteiger partial charge is 0.122 e. The molecule has 0 radical (unpaired) electrons. The molecule has 2 rings (SSSR count). The second-order valence-corrected chi connectivity index (χ2v) is 4.99. The number of para-hydroxylation sites is 1. The SMILES string of the molecule is COCc1cccc(CNCCc2ccccc2OC)c1. The van der Waals surface area contributed by atoms with Gasteiger partial charge in [-0.25, -0.2) is 0 Å². The van der Waals surface area contributed by atoms with Crippen molar-refractivity contribution in [2.45, 2.75) is 19.6 Å². The van der Waals surface area contributed by atoms with E-state index in [9.17, 15) is 0 Å². The van der Waals surface area contributed by atoms with Crippen molar-refractivity contribution in [2.75, 3.05) is 20.8 Å². The number of benzene rings is 2. The van der Waals surface area contributed by atoms with E-state index in [1.807, 2.05) is 18.2 Å². The van der Waals surface area contributed by atoms with Gasteiger partial charge >= 0.3 is 0 Å². The number of rotatable bonds is 8. The molecule has 0 fully saturated rings. The Balaban J connectivity index is 1.80. The first-order valence-electron chi connectivity index (χ1n) is 7.23. The van der Waals surface area contributed by atoms with Crippen LogP contribution in [0.15, 0.2) is 48.5 Å². The maximum Gasteiger partial charge on any atom is 0.122 e. The average molecular weight is 285 g/mol. The summed E-state index contributed by atoms with van der Waals surface area (Å²) < 4.78 is 10.5. The molecular formula is C18H23NO2. The Morgan fingerprint density at radius 3 is 2.57 bits per heavy atom. The van der Waals surface area contributed by atoms with Crippen molar-refractivity contribution in [1.29, 1.82) is 0 Å². The lowest BCUT2D eigenvalue weighted by Gasteiger charge is -2.09. The summed E-state index contributed by atoms with van der Waals surface area (Å²) in [5, 5.41) is 3.47. The summed E-state index contributed by atoms with van der Waals surface area (Å²) in [5.41, 5.74) is 3.73. The largest absolute Gasteiger partial charge is 0.496 e. The van der Waals surface area contributed by atoms with Crippen LogP contribution in [0, 0.1) is 0 Å². The molecule has 0 aliphatic heterocycles. The summed E-state index contributed by atoms with van der Waals surface area (Å²) in [5.74, 6) is 0.960. The monoisotopic (exact) mass is 285 g/mol. The van der Waals surface area contributed by atoms with Crippen molar-refractivity contribution in [3.8, 4) is 5.75 Å². The molecule has 0 saturated heterocycles. The lowest BCUT2D eigenvalue weighted by Crippen LogP contribution is -2.17. The van der Waals surface area contributed by atoms with E-state index in [0.717, 1.165) is 25.3 Å². The quantitative estimate of drug-likeness (QED) is 0.756. The van der Waals surface area contributed by atoms with Gasteiger partial charge in [-0.3, -0.25) is 0 Å². The van der Waals surface area contributed by atoms with Crippen LogP contribution in [0.2, 0.25) is 0 Å². The number of hydrogen-bond acceptors (Lipinski definition) is 3. The molecule has 0 heterocycles. The van der Waals surface area contributed by atoms with E-state index in [1.54, 1.807) is 14.2 Å². The number of ether oxygens (including phenoxy) is 2. The van der Waals surface area contributed by atoms with Gasteiger partial charge in [0.1, 0.15) is 5.75 Å². The Morgan fingerprint density at radius 2 is 1.76 bits per heavy atom. The molecule has 0 saturated carbocycles. The first-order chi connectivity index (χ1) is 10.3. The molecule has 0 aliphatic rings. The Bertz CT molecular complexity index is 554. The van der Waals surface area contributed by atoms with Crippen molar-refractivity contribution in [2.24, 2.45) is 0 Å². The van der Waals surface area contributed by atoms with Crippen LogP contribution in [-0.4, -0.2) is 20.8 Å². The van der Waals surface area contributed by atoms with Gasteiger partial charge in [0.25, 0.3) is 0 Å². The third kappa shape index (κ3) is 4.88. The van der Waals surface area contributed by atoms with Gasteiger partial charge in [-0.1, -0.05) is 42.5 Å². The van der Waals surface area contributed by atoms with Crippen LogP contribution in [0.1, 0.15) is 16.7 Å². The highest BCUT2D eigenvalue weighted by atomic mass is 16.5. The maximum atomic E-state index is 5.36. The summed E-state index contributed by atoms with van der Waals surface area (Å²) in [7, 11) is 3.44. The number of hydrogen-bond donors (Lipinski definition) is 1. The fourth-order valence-corrected chi connectivity index (χ4v) is 2.36. The average Bonchev–Trinajstić information content (AvgIpc) is 2.53. The van der Waals surface area contributed by atoms with E-state index in [-0.39, 0.29) is 0 Å². The predicted octanol–water partition coefficient (Wildman–Crippen LogP) is 3.17. The maximum absolute atomic E-state index is 5.36. The minimum absolute atomic E-state index is 0.662. The van der Waals surface area contributed by atoms with Crippen molar-refractivity contribution >= 4 is 0 Å². The minimum Gasteiger partial charge on any atom is -0.496 e. The molecule has 0 aromatic heterocycles. The fourth-order valence-electron chi connectivity index (χ4n) is 2.36. The molecule has 112 valence electrons. The van der Waals surface area contributed by atoms with Crippen LogP contribution >= 0.6 is 0 Å². The van der Waals surface area contributed by atoms with Crippen LogP contribution in [0.4, 0.5) is 0 Å².